The van der Waals surface area contributed by atoms with Gasteiger partial charge in [0.05, 0.1) is 13.2 Å². The van der Waals surface area contributed by atoms with E-state index in [9.17, 15) is 10.0 Å². The first kappa shape index (κ1) is 22.7. The monoisotopic (exact) mass is 399 g/mol. The number of unbranched alkanes of at least 4 members (excludes halogenated alkanes) is 1. The Hall–Kier alpha value is -2.57. The van der Waals surface area contributed by atoms with Crippen LogP contribution in [-0.4, -0.2) is 48.3 Å². The lowest BCUT2D eigenvalue weighted by molar-refractivity contribution is -0.168. The number of anilines is 2. The van der Waals surface area contributed by atoms with Gasteiger partial charge in [-0.15, -0.1) is 0 Å². The van der Waals surface area contributed by atoms with Crippen LogP contribution in [0, 0.1) is 0 Å². The Balaban J connectivity index is 1.81. The smallest absolute Gasteiger partial charge is 0.246 e. The van der Waals surface area contributed by atoms with Gasteiger partial charge in [0.2, 0.25) is 5.91 Å². The van der Waals surface area contributed by atoms with Crippen LogP contribution in [0.4, 0.5) is 11.4 Å². The van der Waals surface area contributed by atoms with Gasteiger partial charge in [0.1, 0.15) is 5.75 Å². The van der Waals surface area contributed by atoms with Gasteiger partial charge in [-0.3, -0.25) is 10.0 Å². The molecule has 0 aliphatic heterocycles. The SMILES string of the molecule is CCCCOc1ccc(Nc2ccc(CN(O)C(=O)CCCN(C)C)cc2)cc1. The number of ether oxygens (including phenoxy) is 1. The molecule has 0 aliphatic carbocycles. The molecule has 0 unspecified atom stereocenters. The summed E-state index contributed by atoms with van der Waals surface area (Å²) in [5, 5.41) is 14.1. The lowest BCUT2D eigenvalue weighted by Gasteiger charge is -2.16. The summed E-state index contributed by atoms with van der Waals surface area (Å²) in [6.45, 7) is 3.89. The molecule has 0 aliphatic rings. The summed E-state index contributed by atoms with van der Waals surface area (Å²) in [5.74, 6) is 0.618. The van der Waals surface area contributed by atoms with Crippen LogP contribution < -0.4 is 10.1 Å². The molecule has 0 bridgehead atoms. The number of carbonyl (C=O) groups is 1. The van der Waals surface area contributed by atoms with E-state index >= 15 is 0 Å². The van der Waals surface area contributed by atoms with Crippen molar-refractivity contribution in [2.75, 3.05) is 32.6 Å². The van der Waals surface area contributed by atoms with Crippen LogP contribution >= 0.6 is 0 Å². The highest BCUT2D eigenvalue weighted by molar-refractivity contribution is 5.74. The zero-order chi connectivity index (χ0) is 21.1. The van der Waals surface area contributed by atoms with Crippen molar-refractivity contribution in [1.82, 2.24) is 9.96 Å². The van der Waals surface area contributed by atoms with E-state index in [0.29, 0.717) is 6.42 Å². The lowest BCUT2D eigenvalue weighted by atomic mass is 10.2. The quantitative estimate of drug-likeness (QED) is 0.308. The molecule has 0 radical (unpaired) electrons. The van der Waals surface area contributed by atoms with Crippen molar-refractivity contribution in [3.63, 3.8) is 0 Å². The Morgan fingerprint density at radius 1 is 1.00 bits per heavy atom. The molecule has 1 amide bonds. The molecule has 2 aromatic carbocycles. The van der Waals surface area contributed by atoms with Gasteiger partial charge in [-0.05, 0) is 75.4 Å². The third kappa shape index (κ3) is 8.54. The second-order valence-electron chi connectivity index (χ2n) is 7.41. The van der Waals surface area contributed by atoms with E-state index in [2.05, 4.69) is 12.2 Å². The summed E-state index contributed by atoms with van der Waals surface area (Å²) in [4.78, 5) is 14.0. The lowest BCUT2D eigenvalue weighted by Crippen LogP contribution is -2.27. The Kier molecular flexibility index (Phi) is 9.47. The molecule has 0 heterocycles. The molecular weight excluding hydrogens is 366 g/mol. The summed E-state index contributed by atoms with van der Waals surface area (Å²) in [6, 6.07) is 15.6. The molecule has 2 N–H and O–H groups in total. The minimum absolute atomic E-state index is 0.185. The van der Waals surface area contributed by atoms with Crippen LogP contribution in [0.3, 0.4) is 0 Å². The van der Waals surface area contributed by atoms with Crippen molar-refractivity contribution in [3.05, 3.63) is 54.1 Å². The number of benzene rings is 2. The molecule has 158 valence electrons. The van der Waals surface area contributed by atoms with Gasteiger partial charge in [0.25, 0.3) is 0 Å². The molecule has 2 aromatic rings. The van der Waals surface area contributed by atoms with Crippen LogP contribution in [0.15, 0.2) is 48.5 Å². The zero-order valence-electron chi connectivity index (χ0n) is 17.7. The maximum atomic E-state index is 12.0. The Bertz CT molecular complexity index is 730. The van der Waals surface area contributed by atoms with Gasteiger partial charge in [-0.2, -0.15) is 0 Å². The number of amides is 1. The van der Waals surface area contributed by atoms with Crippen LogP contribution in [0.25, 0.3) is 0 Å². The van der Waals surface area contributed by atoms with Crippen molar-refractivity contribution in [3.8, 4) is 5.75 Å². The van der Waals surface area contributed by atoms with Gasteiger partial charge >= 0.3 is 0 Å². The largest absolute Gasteiger partial charge is 0.494 e. The molecule has 6 heteroatoms. The number of hydrogen-bond acceptors (Lipinski definition) is 5. The molecule has 6 nitrogen and oxygen atoms in total. The molecule has 0 saturated heterocycles. The number of hydrogen-bond donors (Lipinski definition) is 2. The highest BCUT2D eigenvalue weighted by atomic mass is 16.5. The zero-order valence-corrected chi connectivity index (χ0v) is 17.7. The van der Waals surface area contributed by atoms with Gasteiger partial charge in [0, 0.05) is 17.8 Å². The standard InChI is InChI=1S/C23H33N3O3/c1-4-5-17-29-22-14-12-21(13-15-22)24-20-10-8-19(9-11-20)18-26(28)23(27)7-6-16-25(2)3/h8-15,24,28H,4-7,16-18H2,1-3H3. The fourth-order valence-corrected chi connectivity index (χ4v) is 2.77. The Labute approximate surface area is 174 Å². The normalized spacial score (nSPS) is 10.8. The molecule has 0 spiro atoms. The first-order valence-electron chi connectivity index (χ1n) is 10.2. The number of carbonyl (C=O) groups excluding carboxylic acids is 1. The molecule has 2 rings (SSSR count). The van der Waals surface area contributed by atoms with Crippen molar-refractivity contribution in [2.45, 2.75) is 39.2 Å². The van der Waals surface area contributed by atoms with Crippen molar-refractivity contribution in [1.29, 1.82) is 0 Å². The van der Waals surface area contributed by atoms with E-state index in [1.54, 1.807) is 0 Å². The number of rotatable bonds is 12. The third-order valence-electron chi connectivity index (χ3n) is 4.48. The molecule has 0 atom stereocenters. The van der Waals surface area contributed by atoms with E-state index in [1.165, 1.54) is 0 Å². The van der Waals surface area contributed by atoms with E-state index in [-0.39, 0.29) is 12.5 Å². The topological polar surface area (TPSA) is 65.0 Å². The van der Waals surface area contributed by atoms with E-state index in [4.69, 9.17) is 4.74 Å². The predicted molar refractivity (Wildman–Crippen MR) is 117 cm³/mol. The molecule has 0 fully saturated rings. The average Bonchev–Trinajstić information content (AvgIpc) is 2.70. The molecular formula is C23H33N3O3. The fraction of sp³-hybridized carbons (Fsp3) is 0.435. The number of nitrogens with one attached hydrogen (secondary N) is 1. The van der Waals surface area contributed by atoms with Gasteiger partial charge in [-0.25, -0.2) is 5.06 Å². The number of hydroxylamine groups is 2. The Morgan fingerprint density at radius 2 is 1.62 bits per heavy atom. The molecule has 0 aromatic heterocycles. The fourth-order valence-electron chi connectivity index (χ4n) is 2.77. The van der Waals surface area contributed by atoms with Crippen LogP contribution in [0.1, 0.15) is 38.2 Å². The summed E-state index contributed by atoms with van der Waals surface area (Å²) in [5.41, 5.74) is 2.79. The Morgan fingerprint density at radius 3 is 2.21 bits per heavy atom. The van der Waals surface area contributed by atoms with Gasteiger partial charge in [-0.1, -0.05) is 25.5 Å². The summed E-state index contributed by atoms with van der Waals surface area (Å²) in [6.07, 6.45) is 3.24. The van der Waals surface area contributed by atoms with Gasteiger partial charge in [0.15, 0.2) is 0 Å². The van der Waals surface area contributed by atoms with Crippen molar-refractivity contribution < 1.29 is 14.7 Å². The van der Waals surface area contributed by atoms with Crippen LogP contribution in [0.2, 0.25) is 0 Å². The van der Waals surface area contributed by atoms with Crippen LogP contribution in [0.5, 0.6) is 5.75 Å². The van der Waals surface area contributed by atoms with Crippen LogP contribution in [-0.2, 0) is 11.3 Å². The van der Waals surface area contributed by atoms with Crippen molar-refractivity contribution in [2.24, 2.45) is 0 Å². The van der Waals surface area contributed by atoms with E-state index in [0.717, 1.165) is 60.2 Å². The summed E-state index contributed by atoms with van der Waals surface area (Å²) >= 11 is 0. The summed E-state index contributed by atoms with van der Waals surface area (Å²) < 4.78 is 5.67. The molecule has 29 heavy (non-hydrogen) atoms. The number of nitrogens with zero attached hydrogens (tertiary/aromatic N) is 2. The first-order valence-corrected chi connectivity index (χ1v) is 10.2. The highest BCUT2D eigenvalue weighted by Gasteiger charge is 2.11. The highest BCUT2D eigenvalue weighted by Crippen LogP contribution is 2.21. The van der Waals surface area contributed by atoms with E-state index < -0.39 is 0 Å². The minimum Gasteiger partial charge on any atom is -0.494 e. The maximum absolute atomic E-state index is 12.0. The first-order chi connectivity index (χ1) is 14.0. The predicted octanol–water partition coefficient (Wildman–Crippen LogP) is 4.67. The third-order valence-corrected chi connectivity index (χ3v) is 4.48. The minimum atomic E-state index is -0.254. The second kappa shape index (κ2) is 12.1. The molecule has 0 saturated carbocycles. The van der Waals surface area contributed by atoms with E-state index in [1.807, 2.05) is 67.5 Å². The maximum Gasteiger partial charge on any atom is 0.246 e. The summed E-state index contributed by atoms with van der Waals surface area (Å²) in [7, 11) is 3.93. The average molecular weight is 400 g/mol. The van der Waals surface area contributed by atoms with Gasteiger partial charge < -0.3 is 15.0 Å². The van der Waals surface area contributed by atoms with Crippen molar-refractivity contribution >= 4 is 17.3 Å². The second-order valence-corrected chi connectivity index (χ2v) is 7.41.